The highest BCUT2D eigenvalue weighted by Gasteiger charge is 2.48. The SMILES string of the molecule is C[C@@H](Nc1c(C(N)=O)cnn2cc(-c3ccccc3)cc12)C1(F)CC1. The third kappa shape index (κ3) is 2.73. The number of nitrogens with one attached hydrogen (secondary N) is 1. The van der Waals surface area contributed by atoms with E-state index in [0.717, 1.165) is 11.1 Å². The first-order valence-corrected chi connectivity index (χ1v) is 8.30. The molecule has 1 atom stereocenters. The van der Waals surface area contributed by atoms with E-state index in [0.29, 0.717) is 24.0 Å². The van der Waals surface area contributed by atoms with Crippen molar-refractivity contribution in [2.75, 3.05) is 5.32 Å². The van der Waals surface area contributed by atoms with Crippen LogP contribution in [0.1, 0.15) is 30.1 Å². The number of rotatable bonds is 5. The van der Waals surface area contributed by atoms with E-state index in [4.69, 9.17) is 5.73 Å². The van der Waals surface area contributed by atoms with Crippen LogP contribution in [0.2, 0.25) is 0 Å². The van der Waals surface area contributed by atoms with Crippen LogP contribution in [0.4, 0.5) is 10.1 Å². The average molecular weight is 338 g/mol. The number of hydrogen-bond donors (Lipinski definition) is 2. The van der Waals surface area contributed by atoms with Gasteiger partial charge in [0.25, 0.3) is 5.91 Å². The number of alkyl halides is 1. The van der Waals surface area contributed by atoms with Crippen molar-refractivity contribution < 1.29 is 9.18 Å². The maximum atomic E-state index is 14.4. The van der Waals surface area contributed by atoms with Gasteiger partial charge in [0.1, 0.15) is 5.67 Å². The summed E-state index contributed by atoms with van der Waals surface area (Å²) in [5, 5.41) is 7.44. The number of carbonyl (C=O) groups excluding carboxylic acids is 1. The quantitative estimate of drug-likeness (QED) is 0.749. The van der Waals surface area contributed by atoms with Crippen LogP contribution in [0, 0.1) is 0 Å². The summed E-state index contributed by atoms with van der Waals surface area (Å²) in [6.45, 7) is 1.79. The topological polar surface area (TPSA) is 72.4 Å². The molecule has 3 N–H and O–H groups in total. The molecule has 25 heavy (non-hydrogen) atoms. The van der Waals surface area contributed by atoms with E-state index in [1.165, 1.54) is 6.20 Å². The molecule has 1 aromatic carbocycles. The number of benzene rings is 1. The van der Waals surface area contributed by atoms with Crippen molar-refractivity contribution in [2.24, 2.45) is 5.73 Å². The number of amides is 1. The van der Waals surface area contributed by atoms with Crippen molar-refractivity contribution in [1.29, 1.82) is 0 Å². The first-order chi connectivity index (χ1) is 12.0. The second-order valence-electron chi connectivity index (χ2n) is 6.62. The van der Waals surface area contributed by atoms with Crippen LogP contribution in [-0.4, -0.2) is 27.2 Å². The molecule has 2 heterocycles. The van der Waals surface area contributed by atoms with Crippen molar-refractivity contribution in [3.63, 3.8) is 0 Å². The lowest BCUT2D eigenvalue weighted by molar-refractivity contribution is 0.100. The Kier molecular flexibility index (Phi) is 3.49. The van der Waals surface area contributed by atoms with Crippen molar-refractivity contribution >= 4 is 17.1 Å². The normalized spacial score (nSPS) is 16.6. The molecule has 3 aromatic rings. The lowest BCUT2D eigenvalue weighted by atomic mass is 10.1. The van der Waals surface area contributed by atoms with E-state index in [9.17, 15) is 9.18 Å². The summed E-state index contributed by atoms with van der Waals surface area (Å²) in [5.74, 6) is -0.587. The Morgan fingerprint density at radius 1 is 1.32 bits per heavy atom. The van der Waals surface area contributed by atoms with E-state index in [1.807, 2.05) is 42.6 Å². The lowest BCUT2D eigenvalue weighted by Gasteiger charge is -2.20. The van der Waals surface area contributed by atoms with Gasteiger partial charge in [-0.2, -0.15) is 5.10 Å². The molecule has 0 radical (unpaired) electrons. The van der Waals surface area contributed by atoms with Crippen LogP contribution in [-0.2, 0) is 0 Å². The fraction of sp³-hybridized carbons (Fsp3) is 0.263. The third-order valence-electron chi connectivity index (χ3n) is 4.87. The molecule has 4 rings (SSSR count). The van der Waals surface area contributed by atoms with Crippen molar-refractivity contribution in [3.05, 3.63) is 54.4 Å². The second-order valence-corrected chi connectivity index (χ2v) is 6.62. The third-order valence-corrected chi connectivity index (χ3v) is 4.87. The van der Waals surface area contributed by atoms with E-state index >= 15 is 0 Å². The van der Waals surface area contributed by atoms with Gasteiger partial charge in [0.2, 0.25) is 0 Å². The number of anilines is 1. The Balaban J connectivity index is 1.83. The second kappa shape index (κ2) is 5.58. The minimum Gasteiger partial charge on any atom is -0.377 e. The van der Waals surface area contributed by atoms with Gasteiger partial charge >= 0.3 is 0 Å². The molecule has 128 valence electrons. The maximum absolute atomic E-state index is 14.4. The van der Waals surface area contributed by atoms with Crippen LogP contribution in [0.25, 0.3) is 16.6 Å². The van der Waals surface area contributed by atoms with Gasteiger partial charge in [-0.05, 0) is 31.4 Å². The van der Waals surface area contributed by atoms with Gasteiger partial charge in [-0.3, -0.25) is 4.79 Å². The standard InChI is InChI=1S/C19H19FN4O/c1-12(19(20)7-8-19)23-17-15(18(21)25)10-22-24-11-14(9-16(17)24)13-5-3-2-4-6-13/h2-6,9-12,23H,7-8H2,1H3,(H2,21,25)/t12-/m1/s1. The molecule has 5 nitrogen and oxygen atoms in total. The zero-order valence-electron chi connectivity index (χ0n) is 13.9. The van der Waals surface area contributed by atoms with E-state index in [2.05, 4.69) is 10.4 Å². The summed E-state index contributed by atoms with van der Waals surface area (Å²) < 4.78 is 16.1. The molecular formula is C19H19FN4O. The highest BCUT2D eigenvalue weighted by molar-refractivity contribution is 6.02. The van der Waals surface area contributed by atoms with Crippen LogP contribution in [0.3, 0.4) is 0 Å². The Morgan fingerprint density at radius 3 is 2.68 bits per heavy atom. The van der Waals surface area contributed by atoms with Crippen LogP contribution < -0.4 is 11.1 Å². The Hall–Kier alpha value is -2.89. The van der Waals surface area contributed by atoms with Crippen molar-refractivity contribution in [2.45, 2.75) is 31.5 Å². The summed E-state index contributed by atoms with van der Waals surface area (Å²) in [7, 11) is 0. The predicted octanol–water partition coefficient (Wildman–Crippen LogP) is 3.40. The van der Waals surface area contributed by atoms with Crippen molar-refractivity contribution in [1.82, 2.24) is 9.61 Å². The summed E-state index contributed by atoms with van der Waals surface area (Å²) in [4.78, 5) is 11.8. The van der Waals surface area contributed by atoms with Crippen LogP contribution in [0.5, 0.6) is 0 Å². The number of nitrogens with zero attached hydrogens (tertiary/aromatic N) is 2. The largest absolute Gasteiger partial charge is 0.377 e. The fourth-order valence-corrected chi connectivity index (χ4v) is 3.08. The van der Waals surface area contributed by atoms with Gasteiger partial charge in [0.15, 0.2) is 0 Å². The van der Waals surface area contributed by atoms with Gasteiger partial charge in [-0.1, -0.05) is 30.3 Å². The van der Waals surface area contributed by atoms with Gasteiger partial charge in [-0.25, -0.2) is 8.91 Å². The molecule has 1 aliphatic rings. The van der Waals surface area contributed by atoms with E-state index in [-0.39, 0.29) is 5.56 Å². The fourth-order valence-electron chi connectivity index (χ4n) is 3.08. The summed E-state index contributed by atoms with van der Waals surface area (Å²) in [6, 6.07) is 11.4. The Bertz CT molecular complexity index is 947. The number of carbonyl (C=O) groups is 1. The first kappa shape index (κ1) is 15.6. The molecule has 0 unspecified atom stereocenters. The number of nitrogens with two attached hydrogens (primary N) is 1. The first-order valence-electron chi connectivity index (χ1n) is 8.30. The minimum atomic E-state index is -1.22. The molecule has 1 fully saturated rings. The average Bonchev–Trinajstić information content (AvgIpc) is 3.21. The van der Waals surface area contributed by atoms with Crippen LogP contribution in [0.15, 0.2) is 48.8 Å². The molecule has 0 aliphatic heterocycles. The van der Waals surface area contributed by atoms with Gasteiger partial charge in [0.05, 0.1) is 29.0 Å². The Labute approximate surface area is 144 Å². The molecule has 1 aliphatic carbocycles. The van der Waals surface area contributed by atoms with Gasteiger partial charge < -0.3 is 11.1 Å². The van der Waals surface area contributed by atoms with Crippen molar-refractivity contribution in [3.8, 4) is 11.1 Å². The van der Waals surface area contributed by atoms with Gasteiger partial charge in [0, 0.05) is 11.8 Å². The molecule has 1 amide bonds. The lowest BCUT2D eigenvalue weighted by Crippen LogP contribution is -2.30. The monoisotopic (exact) mass is 338 g/mol. The highest BCUT2D eigenvalue weighted by Crippen LogP contribution is 2.44. The van der Waals surface area contributed by atoms with E-state index in [1.54, 1.807) is 11.4 Å². The molecular weight excluding hydrogens is 319 g/mol. The molecule has 0 bridgehead atoms. The number of aromatic nitrogens is 2. The number of primary amides is 1. The predicted molar refractivity (Wildman–Crippen MR) is 95.3 cm³/mol. The molecule has 6 heteroatoms. The van der Waals surface area contributed by atoms with Crippen LogP contribution >= 0.6 is 0 Å². The summed E-state index contributed by atoms with van der Waals surface area (Å²) in [5.41, 5.74) is 7.78. The van der Waals surface area contributed by atoms with Gasteiger partial charge in [-0.15, -0.1) is 0 Å². The molecule has 0 spiro atoms. The zero-order valence-corrected chi connectivity index (χ0v) is 13.9. The number of halogens is 1. The maximum Gasteiger partial charge on any atom is 0.252 e. The number of fused-ring (bicyclic) bond motifs is 1. The Morgan fingerprint density at radius 2 is 2.04 bits per heavy atom. The highest BCUT2D eigenvalue weighted by atomic mass is 19.1. The number of hydrogen-bond acceptors (Lipinski definition) is 3. The molecule has 1 saturated carbocycles. The minimum absolute atomic E-state index is 0.265. The molecule has 0 saturated heterocycles. The van der Waals surface area contributed by atoms with E-state index < -0.39 is 17.6 Å². The summed E-state index contributed by atoms with van der Waals surface area (Å²) in [6.07, 6.45) is 4.38. The zero-order chi connectivity index (χ0) is 17.6. The smallest absolute Gasteiger partial charge is 0.252 e. The summed E-state index contributed by atoms with van der Waals surface area (Å²) >= 11 is 0. The molecule has 2 aromatic heterocycles.